The van der Waals surface area contributed by atoms with Gasteiger partial charge >= 0.3 is 0 Å². The largest absolute Gasteiger partial charge is 0.489 e. The Bertz CT molecular complexity index is 662. The third-order valence-electron chi connectivity index (χ3n) is 4.51. The molecule has 1 aliphatic heterocycles. The van der Waals surface area contributed by atoms with Crippen LogP contribution < -0.4 is 15.4 Å². The van der Waals surface area contributed by atoms with Crippen LogP contribution in [0.3, 0.4) is 0 Å². The van der Waals surface area contributed by atoms with Crippen LogP contribution in [0.2, 0.25) is 0 Å². The number of hydrogen-bond acceptors (Lipinski definition) is 3. The highest BCUT2D eigenvalue weighted by molar-refractivity contribution is 5.95. The quantitative estimate of drug-likeness (QED) is 0.883. The second-order valence-corrected chi connectivity index (χ2v) is 6.59. The summed E-state index contributed by atoms with van der Waals surface area (Å²) in [5.74, 6) is 0.870. The normalized spacial score (nSPS) is 20.4. The molecule has 1 fully saturated rings. The van der Waals surface area contributed by atoms with Crippen molar-refractivity contribution in [3.05, 3.63) is 60.2 Å². The highest BCUT2D eigenvalue weighted by atomic mass is 16.5. The van der Waals surface area contributed by atoms with Crippen molar-refractivity contribution in [3.8, 4) is 5.75 Å². The molecule has 1 aliphatic rings. The van der Waals surface area contributed by atoms with E-state index in [4.69, 9.17) is 4.74 Å². The SMILES string of the molecule is CC1(C(=O)Nc2ccc(OCc3ccccc3)cc2)CCCNC1. The third-order valence-corrected chi connectivity index (χ3v) is 4.51. The molecule has 0 saturated carbocycles. The molecule has 0 bridgehead atoms. The van der Waals surface area contributed by atoms with Gasteiger partial charge in [0, 0.05) is 12.2 Å². The van der Waals surface area contributed by atoms with Crippen molar-refractivity contribution in [1.82, 2.24) is 5.32 Å². The summed E-state index contributed by atoms with van der Waals surface area (Å²) < 4.78 is 5.77. The number of ether oxygens (including phenoxy) is 1. The summed E-state index contributed by atoms with van der Waals surface area (Å²) in [5, 5.41) is 6.32. The van der Waals surface area contributed by atoms with Gasteiger partial charge in [0.1, 0.15) is 12.4 Å². The number of carbonyl (C=O) groups is 1. The van der Waals surface area contributed by atoms with E-state index in [2.05, 4.69) is 10.6 Å². The molecule has 2 aromatic carbocycles. The minimum atomic E-state index is -0.333. The summed E-state index contributed by atoms with van der Waals surface area (Å²) >= 11 is 0. The molecule has 3 rings (SSSR count). The number of benzene rings is 2. The van der Waals surface area contributed by atoms with Crippen molar-refractivity contribution in [2.75, 3.05) is 18.4 Å². The van der Waals surface area contributed by atoms with E-state index in [1.807, 2.05) is 61.5 Å². The molecule has 0 aromatic heterocycles. The van der Waals surface area contributed by atoms with Crippen LogP contribution in [0.15, 0.2) is 54.6 Å². The van der Waals surface area contributed by atoms with E-state index in [-0.39, 0.29) is 11.3 Å². The molecule has 1 heterocycles. The lowest BCUT2D eigenvalue weighted by atomic mass is 9.82. The first-order valence-corrected chi connectivity index (χ1v) is 8.45. The molecule has 0 radical (unpaired) electrons. The fourth-order valence-electron chi connectivity index (χ4n) is 2.91. The molecule has 1 atom stereocenters. The smallest absolute Gasteiger partial charge is 0.231 e. The zero-order valence-electron chi connectivity index (χ0n) is 14.0. The van der Waals surface area contributed by atoms with Gasteiger partial charge in [-0.2, -0.15) is 0 Å². The average Bonchev–Trinajstić information content (AvgIpc) is 2.62. The van der Waals surface area contributed by atoms with E-state index in [0.29, 0.717) is 6.61 Å². The highest BCUT2D eigenvalue weighted by Gasteiger charge is 2.34. The lowest BCUT2D eigenvalue weighted by Gasteiger charge is -2.32. The van der Waals surface area contributed by atoms with Crippen molar-refractivity contribution in [1.29, 1.82) is 0 Å². The van der Waals surface area contributed by atoms with Crippen LogP contribution in [-0.2, 0) is 11.4 Å². The van der Waals surface area contributed by atoms with Crippen molar-refractivity contribution in [3.63, 3.8) is 0 Å². The number of piperidine rings is 1. The molecule has 126 valence electrons. The minimum Gasteiger partial charge on any atom is -0.489 e. The molecule has 4 heteroatoms. The van der Waals surface area contributed by atoms with Crippen LogP contribution in [0, 0.1) is 5.41 Å². The van der Waals surface area contributed by atoms with Gasteiger partial charge < -0.3 is 15.4 Å². The van der Waals surface area contributed by atoms with Crippen LogP contribution in [0.4, 0.5) is 5.69 Å². The first-order chi connectivity index (χ1) is 11.7. The van der Waals surface area contributed by atoms with Crippen LogP contribution in [0.25, 0.3) is 0 Å². The zero-order valence-corrected chi connectivity index (χ0v) is 14.0. The number of rotatable bonds is 5. The standard InChI is InChI=1S/C20H24N2O2/c1-20(12-5-13-21-15-20)19(23)22-17-8-10-18(11-9-17)24-14-16-6-3-2-4-7-16/h2-4,6-11,21H,5,12-15H2,1H3,(H,22,23). The van der Waals surface area contributed by atoms with E-state index in [0.717, 1.165) is 42.9 Å². The third kappa shape index (κ3) is 4.15. The fourth-order valence-corrected chi connectivity index (χ4v) is 2.91. The van der Waals surface area contributed by atoms with Gasteiger partial charge in [-0.05, 0) is 56.1 Å². The van der Waals surface area contributed by atoms with Gasteiger partial charge in [0.15, 0.2) is 0 Å². The van der Waals surface area contributed by atoms with Crippen LogP contribution in [-0.4, -0.2) is 19.0 Å². The minimum absolute atomic E-state index is 0.0765. The maximum atomic E-state index is 12.5. The number of amides is 1. The Hall–Kier alpha value is -2.33. The molecule has 2 N–H and O–H groups in total. The molecule has 0 aliphatic carbocycles. The molecule has 0 spiro atoms. The predicted octanol–water partition coefficient (Wildman–Crippen LogP) is 3.59. The molecule has 1 unspecified atom stereocenters. The van der Waals surface area contributed by atoms with Gasteiger partial charge in [-0.1, -0.05) is 30.3 Å². The molecular formula is C20H24N2O2. The van der Waals surface area contributed by atoms with Gasteiger partial charge in [0.25, 0.3) is 0 Å². The Morgan fingerprint density at radius 3 is 2.58 bits per heavy atom. The Morgan fingerprint density at radius 1 is 1.17 bits per heavy atom. The topological polar surface area (TPSA) is 50.4 Å². The molecule has 24 heavy (non-hydrogen) atoms. The van der Waals surface area contributed by atoms with Gasteiger partial charge in [0.2, 0.25) is 5.91 Å². The summed E-state index contributed by atoms with van der Waals surface area (Å²) in [7, 11) is 0. The van der Waals surface area contributed by atoms with Crippen LogP contribution in [0.5, 0.6) is 5.75 Å². The summed E-state index contributed by atoms with van der Waals surface area (Å²) in [6, 6.07) is 17.6. The number of hydrogen-bond donors (Lipinski definition) is 2. The van der Waals surface area contributed by atoms with Gasteiger partial charge in [-0.3, -0.25) is 4.79 Å². The number of anilines is 1. The van der Waals surface area contributed by atoms with E-state index in [1.165, 1.54) is 0 Å². The van der Waals surface area contributed by atoms with Gasteiger partial charge in [-0.15, -0.1) is 0 Å². The summed E-state index contributed by atoms with van der Waals surface area (Å²) in [4.78, 5) is 12.5. The van der Waals surface area contributed by atoms with Crippen molar-refractivity contribution >= 4 is 11.6 Å². The Morgan fingerprint density at radius 2 is 1.92 bits per heavy atom. The summed E-state index contributed by atoms with van der Waals surface area (Å²) in [6.07, 6.45) is 1.96. The molecule has 4 nitrogen and oxygen atoms in total. The molecule has 1 saturated heterocycles. The first kappa shape index (κ1) is 16.5. The molecule has 2 aromatic rings. The lowest BCUT2D eigenvalue weighted by Crippen LogP contribution is -2.46. The van der Waals surface area contributed by atoms with Gasteiger partial charge in [-0.25, -0.2) is 0 Å². The highest BCUT2D eigenvalue weighted by Crippen LogP contribution is 2.27. The van der Waals surface area contributed by atoms with E-state index < -0.39 is 0 Å². The fraction of sp³-hybridized carbons (Fsp3) is 0.350. The van der Waals surface area contributed by atoms with Gasteiger partial charge in [0.05, 0.1) is 5.41 Å². The monoisotopic (exact) mass is 324 g/mol. The summed E-state index contributed by atoms with van der Waals surface area (Å²) in [6.45, 7) is 4.29. The zero-order chi connectivity index (χ0) is 16.8. The van der Waals surface area contributed by atoms with Crippen molar-refractivity contribution < 1.29 is 9.53 Å². The predicted molar refractivity (Wildman–Crippen MR) is 96.1 cm³/mol. The lowest BCUT2D eigenvalue weighted by molar-refractivity contribution is -0.125. The Kier molecular flexibility index (Phi) is 5.16. The van der Waals surface area contributed by atoms with Crippen LogP contribution in [0.1, 0.15) is 25.3 Å². The van der Waals surface area contributed by atoms with Crippen molar-refractivity contribution in [2.45, 2.75) is 26.4 Å². The maximum Gasteiger partial charge on any atom is 0.231 e. The number of nitrogens with one attached hydrogen (secondary N) is 2. The van der Waals surface area contributed by atoms with E-state index in [9.17, 15) is 4.79 Å². The number of carbonyl (C=O) groups excluding carboxylic acids is 1. The maximum absolute atomic E-state index is 12.5. The average molecular weight is 324 g/mol. The summed E-state index contributed by atoms with van der Waals surface area (Å²) in [5.41, 5.74) is 1.60. The Balaban J connectivity index is 1.55. The van der Waals surface area contributed by atoms with E-state index >= 15 is 0 Å². The van der Waals surface area contributed by atoms with E-state index in [1.54, 1.807) is 0 Å². The first-order valence-electron chi connectivity index (χ1n) is 8.45. The van der Waals surface area contributed by atoms with Crippen LogP contribution >= 0.6 is 0 Å². The molecule has 1 amide bonds. The molecular weight excluding hydrogens is 300 g/mol. The van der Waals surface area contributed by atoms with Crippen molar-refractivity contribution in [2.24, 2.45) is 5.41 Å². The second-order valence-electron chi connectivity index (χ2n) is 6.59. The second kappa shape index (κ2) is 7.49. The Labute approximate surface area is 143 Å².